The lowest BCUT2D eigenvalue weighted by Crippen LogP contribution is -2.34. The van der Waals surface area contributed by atoms with E-state index in [1.165, 1.54) is 18.2 Å². The zero-order valence-electron chi connectivity index (χ0n) is 13.7. The lowest BCUT2D eigenvalue weighted by atomic mass is 9.97. The molecule has 1 aliphatic heterocycles. The largest absolute Gasteiger partial charge is 0.326 e. The van der Waals surface area contributed by atoms with Crippen molar-refractivity contribution in [3.63, 3.8) is 0 Å². The van der Waals surface area contributed by atoms with E-state index in [0.29, 0.717) is 16.9 Å². The number of carbonyl (C=O) groups is 2. The average molecular weight is 341 g/mol. The minimum atomic E-state index is -0.416. The monoisotopic (exact) mass is 341 g/mol. The third-order valence-corrected chi connectivity index (χ3v) is 4.18. The lowest BCUT2D eigenvalue weighted by molar-refractivity contribution is -0.120. The summed E-state index contributed by atoms with van der Waals surface area (Å²) < 4.78 is 13.2. The number of carbonyl (C=O) groups excluding carboxylic acids is 2. The molecule has 1 saturated heterocycles. The molecule has 0 saturated carbocycles. The first-order chi connectivity index (χ1) is 12.1. The zero-order valence-corrected chi connectivity index (χ0v) is 13.7. The Morgan fingerprint density at radius 1 is 0.960 bits per heavy atom. The van der Waals surface area contributed by atoms with Crippen LogP contribution in [0.15, 0.2) is 48.5 Å². The molecule has 3 rings (SSSR count). The van der Waals surface area contributed by atoms with Crippen LogP contribution in [-0.2, 0) is 4.79 Å². The van der Waals surface area contributed by atoms with Crippen LogP contribution < -0.4 is 16.0 Å². The molecular weight excluding hydrogens is 321 g/mol. The Bertz CT molecular complexity index is 773. The number of anilines is 2. The predicted octanol–water partition coefficient (Wildman–Crippen LogP) is 3.02. The van der Waals surface area contributed by atoms with E-state index in [9.17, 15) is 14.0 Å². The Hall–Kier alpha value is -2.73. The fourth-order valence-corrected chi connectivity index (χ4v) is 2.84. The summed E-state index contributed by atoms with van der Waals surface area (Å²) in [4.78, 5) is 24.6. The van der Waals surface area contributed by atoms with Gasteiger partial charge in [0.25, 0.3) is 5.91 Å². The standard InChI is InChI=1S/C19H20FN3O2/c20-15-4-2-6-17(12-15)23-19(25)14-3-1-5-16(11-14)22-18(24)13-7-9-21-10-8-13/h1-6,11-13,21H,7-10H2,(H,22,24)(H,23,25). The number of nitrogens with one attached hydrogen (secondary N) is 3. The van der Waals surface area contributed by atoms with Crippen LogP contribution in [0.4, 0.5) is 15.8 Å². The molecular formula is C19H20FN3O2. The minimum Gasteiger partial charge on any atom is -0.326 e. The highest BCUT2D eigenvalue weighted by Gasteiger charge is 2.21. The number of amides is 2. The van der Waals surface area contributed by atoms with Gasteiger partial charge in [0, 0.05) is 22.9 Å². The van der Waals surface area contributed by atoms with Crippen LogP contribution in [-0.4, -0.2) is 24.9 Å². The van der Waals surface area contributed by atoms with E-state index in [4.69, 9.17) is 0 Å². The van der Waals surface area contributed by atoms with Crippen molar-refractivity contribution in [2.24, 2.45) is 5.92 Å². The van der Waals surface area contributed by atoms with Crippen molar-refractivity contribution >= 4 is 23.2 Å². The Balaban J connectivity index is 1.66. The summed E-state index contributed by atoms with van der Waals surface area (Å²) in [5.41, 5.74) is 1.36. The van der Waals surface area contributed by atoms with Crippen molar-refractivity contribution in [3.05, 3.63) is 59.9 Å². The fourth-order valence-electron chi connectivity index (χ4n) is 2.84. The van der Waals surface area contributed by atoms with Gasteiger partial charge < -0.3 is 16.0 Å². The molecule has 3 N–H and O–H groups in total. The first kappa shape index (κ1) is 17.1. The maximum absolute atomic E-state index is 13.2. The molecule has 2 amide bonds. The van der Waals surface area contributed by atoms with Gasteiger partial charge in [-0.15, -0.1) is 0 Å². The third kappa shape index (κ3) is 4.64. The molecule has 2 aromatic rings. The molecule has 0 spiro atoms. The number of piperidine rings is 1. The van der Waals surface area contributed by atoms with Crippen LogP contribution in [0.1, 0.15) is 23.2 Å². The van der Waals surface area contributed by atoms with Crippen molar-refractivity contribution in [2.75, 3.05) is 23.7 Å². The fraction of sp³-hybridized carbons (Fsp3) is 0.263. The number of rotatable bonds is 4. The second-order valence-electron chi connectivity index (χ2n) is 6.06. The maximum atomic E-state index is 13.2. The highest BCUT2D eigenvalue weighted by Crippen LogP contribution is 2.18. The number of benzene rings is 2. The van der Waals surface area contributed by atoms with Gasteiger partial charge in [0.05, 0.1) is 0 Å². The van der Waals surface area contributed by atoms with Crippen molar-refractivity contribution in [2.45, 2.75) is 12.8 Å². The smallest absolute Gasteiger partial charge is 0.255 e. The Morgan fingerprint density at radius 2 is 1.64 bits per heavy atom. The van der Waals surface area contributed by atoms with Crippen molar-refractivity contribution in [1.82, 2.24) is 5.32 Å². The van der Waals surface area contributed by atoms with Gasteiger partial charge in [0.1, 0.15) is 5.82 Å². The van der Waals surface area contributed by atoms with E-state index in [0.717, 1.165) is 25.9 Å². The molecule has 1 heterocycles. The zero-order chi connectivity index (χ0) is 17.6. The van der Waals surface area contributed by atoms with Crippen LogP contribution in [0.2, 0.25) is 0 Å². The third-order valence-electron chi connectivity index (χ3n) is 4.18. The summed E-state index contributed by atoms with van der Waals surface area (Å²) in [5.74, 6) is -0.806. The molecule has 0 unspecified atom stereocenters. The van der Waals surface area contributed by atoms with Gasteiger partial charge in [-0.25, -0.2) is 4.39 Å². The Labute approximate surface area is 145 Å². The molecule has 5 nitrogen and oxygen atoms in total. The Morgan fingerprint density at radius 3 is 2.36 bits per heavy atom. The van der Waals surface area contributed by atoms with Crippen molar-refractivity contribution < 1.29 is 14.0 Å². The molecule has 0 radical (unpaired) electrons. The van der Waals surface area contributed by atoms with E-state index >= 15 is 0 Å². The topological polar surface area (TPSA) is 70.2 Å². The highest BCUT2D eigenvalue weighted by molar-refractivity contribution is 6.05. The second kappa shape index (κ2) is 7.90. The first-order valence-electron chi connectivity index (χ1n) is 8.30. The Kier molecular flexibility index (Phi) is 5.40. The van der Waals surface area contributed by atoms with Gasteiger partial charge >= 0.3 is 0 Å². The van der Waals surface area contributed by atoms with Gasteiger partial charge in [-0.3, -0.25) is 9.59 Å². The van der Waals surface area contributed by atoms with Crippen LogP contribution in [0.25, 0.3) is 0 Å². The second-order valence-corrected chi connectivity index (χ2v) is 6.06. The van der Waals surface area contributed by atoms with E-state index in [1.807, 2.05) is 0 Å². The maximum Gasteiger partial charge on any atom is 0.255 e. The summed E-state index contributed by atoms with van der Waals surface area (Å²) in [7, 11) is 0. The highest BCUT2D eigenvalue weighted by atomic mass is 19.1. The molecule has 0 aliphatic carbocycles. The van der Waals surface area contributed by atoms with Gasteiger partial charge in [-0.05, 0) is 62.3 Å². The van der Waals surface area contributed by atoms with E-state index < -0.39 is 5.82 Å². The summed E-state index contributed by atoms with van der Waals surface area (Å²) in [5, 5.41) is 8.74. The summed E-state index contributed by atoms with van der Waals surface area (Å²) in [6.07, 6.45) is 1.62. The van der Waals surface area contributed by atoms with Crippen molar-refractivity contribution in [1.29, 1.82) is 0 Å². The molecule has 0 aromatic heterocycles. The predicted molar refractivity (Wildman–Crippen MR) is 95.0 cm³/mol. The van der Waals surface area contributed by atoms with Gasteiger partial charge in [0.2, 0.25) is 5.91 Å². The number of hydrogen-bond acceptors (Lipinski definition) is 3. The minimum absolute atomic E-state index is 0.00831. The molecule has 0 atom stereocenters. The SMILES string of the molecule is O=C(Nc1cccc(F)c1)c1cccc(NC(=O)C2CCNCC2)c1. The molecule has 1 aliphatic rings. The van der Waals surface area contributed by atoms with Gasteiger partial charge in [-0.2, -0.15) is 0 Å². The number of halogens is 1. The van der Waals surface area contributed by atoms with Crippen molar-refractivity contribution in [3.8, 4) is 0 Å². The average Bonchev–Trinajstić information content (AvgIpc) is 2.62. The molecule has 2 aromatic carbocycles. The summed E-state index contributed by atoms with van der Waals surface area (Å²) in [6.45, 7) is 1.68. The van der Waals surface area contributed by atoms with Crippen LogP contribution >= 0.6 is 0 Å². The molecule has 25 heavy (non-hydrogen) atoms. The van der Waals surface area contributed by atoms with Crippen LogP contribution in [0.5, 0.6) is 0 Å². The van der Waals surface area contributed by atoms with Crippen LogP contribution in [0, 0.1) is 11.7 Å². The van der Waals surface area contributed by atoms with Gasteiger partial charge in [0.15, 0.2) is 0 Å². The lowest BCUT2D eigenvalue weighted by Gasteiger charge is -2.21. The molecule has 0 bridgehead atoms. The summed E-state index contributed by atoms with van der Waals surface area (Å²) in [6, 6.07) is 12.4. The molecule has 1 fully saturated rings. The van der Waals surface area contributed by atoms with E-state index in [1.54, 1.807) is 30.3 Å². The first-order valence-corrected chi connectivity index (χ1v) is 8.30. The number of hydrogen-bond donors (Lipinski definition) is 3. The quantitative estimate of drug-likeness (QED) is 0.801. The molecule has 6 heteroatoms. The van der Waals surface area contributed by atoms with E-state index in [-0.39, 0.29) is 17.7 Å². The summed E-state index contributed by atoms with van der Waals surface area (Å²) >= 11 is 0. The normalized spacial score (nSPS) is 14.8. The van der Waals surface area contributed by atoms with Gasteiger partial charge in [-0.1, -0.05) is 12.1 Å². The molecule has 130 valence electrons. The van der Waals surface area contributed by atoms with E-state index in [2.05, 4.69) is 16.0 Å². The van der Waals surface area contributed by atoms with Crippen LogP contribution in [0.3, 0.4) is 0 Å².